The van der Waals surface area contributed by atoms with Crippen LogP contribution >= 0.6 is 39.1 Å². The number of halogens is 3. The fourth-order valence-corrected chi connectivity index (χ4v) is 5.89. The summed E-state index contributed by atoms with van der Waals surface area (Å²) < 4.78 is 28.8. The molecule has 1 aliphatic rings. The van der Waals surface area contributed by atoms with Gasteiger partial charge in [0.2, 0.25) is 10.0 Å². The van der Waals surface area contributed by atoms with Crippen LogP contribution in [0.3, 0.4) is 0 Å². The van der Waals surface area contributed by atoms with E-state index in [9.17, 15) is 8.42 Å². The van der Waals surface area contributed by atoms with E-state index in [0.717, 1.165) is 0 Å². The second-order valence-corrected chi connectivity index (χ2v) is 10.7. The SMILES string of the molecule is CC1(C)CC(NS(=O)(=O)c2cc(Cl)c(Br)cc2Cl)CC(C)(C)N1. The topological polar surface area (TPSA) is 58.2 Å². The van der Waals surface area contributed by atoms with Gasteiger partial charge >= 0.3 is 0 Å². The third kappa shape index (κ3) is 4.83. The van der Waals surface area contributed by atoms with Crippen LogP contribution in [-0.4, -0.2) is 25.5 Å². The first-order valence-corrected chi connectivity index (χ1v) is 10.3. The van der Waals surface area contributed by atoms with Gasteiger partial charge < -0.3 is 5.32 Å². The van der Waals surface area contributed by atoms with E-state index >= 15 is 0 Å². The Morgan fingerprint density at radius 2 is 1.65 bits per heavy atom. The molecular formula is C15H21BrCl2N2O2S. The highest BCUT2D eigenvalue weighted by molar-refractivity contribution is 9.10. The van der Waals surface area contributed by atoms with Gasteiger partial charge in [-0.2, -0.15) is 0 Å². The summed E-state index contributed by atoms with van der Waals surface area (Å²) in [5, 5.41) is 3.97. The Kier molecular flexibility index (Phi) is 5.47. The second-order valence-electron chi connectivity index (χ2n) is 7.32. The first-order chi connectivity index (χ1) is 10.3. The van der Waals surface area contributed by atoms with Gasteiger partial charge in [0, 0.05) is 21.6 Å². The van der Waals surface area contributed by atoms with Crippen molar-refractivity contribution in [2.45, 2.75) is 62.6 Å². The molecule has 1 aromatic rings. The number of sulfonamides is 1. The molecule has 1 fully saturated rings. The average Bonchev–Trinajstić information content (AvgIpc) is 2.28. The summed E-state index contributed by atoms with van der Waals surface area (Å²) in [5.41, 5.74) is -0.313. The van der Waals surface area contributed by atoms with Crippen LogP contribution < -0.4 is 10.0 Å². The predicted octanol–water partition coefficient (Wildman–Crippen LogP) is 4.34. The van der Waals surface area contributed by atoms with Crippen LogP contribution in [0.1, 0.15) is 40.5 Å². The van der Waals surface area contributed by atoms with Gasteiger partial charge in [0.15, 0.2) is 0 Å². The van der Waals surface area contributed by atoms with Crippen molar-refractivity contribution < 1.29 is 8.42 Å². The second kappa shape index (κ2) is 6.46. The predicted molar refractivity (Wildman–Crippen MR) is 98.8 cm³/mol. The standard InChI is InChI=1S/C15H21BrCl2N2O2S/c1-14(2)7-9(8-15(3,4)20-14)19-23(21,22)13-6-11(17)10(16)5-12(13)18/h5-6,9,19-20H,7-8H2,1-4H3. The Hall–Kier alpha value is 0.150. The number of piperidine rings is 1. The van der Waals surface area contributed by atoms with Gasteiger partial charge in [0.05, 0.1) is 10.0 Å². The van der Waals surface area contributed by atoms with Crippen molar-refractivity contribution in [3.63, 3.8) is 0 Å². The molecule has 1 saturated heterocycles. The smallest absolute Gasteiger partial charge is 0.242 e. The van der Waals surface area contributed by atoms with E-state index in [-0.39, 0.29) is 27.0 Å². The number of nitrogens with one attached hydrogen (secondary N) is 2. The van der Waals surface area contributed by atoms with Gasteiger partial charge in [-0.15, -0.1) is 0 Å². The maximum Gasteiger partial charge on any atom is 0.242 e. The van der Waals surface area contributed by atoms with E-state index in [1.165, 1.54) is 12.1 Å². The molecule has 1 aromatic carbocycles. The molecule has 8 heteroatoms. The first kappa shape index (κ1) is 19.5. The van der Waals surface area contributed by atoms with Gasteiger partial charge in [0.1, 0.15) is 4.90 Å². The number of benzene rings is 1. The maximum atomic E-state index is 12.7. The van der Waals surface area contributed by atoms with Crippen molar-refractivity contribution in [2.75, 3.05) is 0 Å². The summed E-state index contributed by atoms with van der Waals surface area (Å²) in [6.45, 7) is 8.27. The normalized spacial score (nSPS) is 21.3. The van der Waals surface area contributed by atoms with E-state index < -0.39 is 10.0 Å². The molecule has 0 bridgehead atoms. The lowest BCUT2D eigenvalue weighted by Crippen LogP contribution is -2.62. The van der Waals surface area contributed by atoms with Crippen molar-refractivity contribution in [1.29, 1.82) is 0 Å². The van der Waals surface area contributed by atoms with Crippen molar-refractivity contribution in [3.8, 4) is 0 Å². The highest BCUT2D eigenvalue weighted by Gasteiger charge is 2.39. The van der Waals surface area contributed by atoms with Crippen molar-refractivity contribution in [1.82, 2.24) is 10.0 Å². The van der Waals surface area contributed by atoms with Gasteiger partial charge in [-0.1, -0.05) is 23.2 Å². The molecule has 1 aliphatic heterocycles. The molecule has 0 atom stereocenters. The van der Waals surface area contributed by atoms with Gasteiger partial charge in [-0.3, -0.25) is 0 Å². The summed E-state index contributed by atoms with van der Waals surface area (Å²) >= 11 is 15.3. The lowest BCUT2D eigenvalue weighted by molar-refractivity contribution is 0.157. The zero-order chi connectivity index (χ0) is 17.6. The number of rotatable bonds is 3. The van der Waals surface area contributed by atoms with Gasteiger partial charge in [-0.05, 0) is 68.6 Å². The lowest BCUT2D eigenvalue weighted by Gasteiger charge is -2.46. The number of hydrogen-bond donors (Lipinski definition) is 2. The third-order valence-electron chi connectivity index (χ3n) is 3.78. The lowest BCUT2D eigenvalue weighted by atomic mass is 9.80. The Morgan fingerprint density at radius 3 is 2.17 bits per heavy atom. The molecule has 0 amide bonds. The van der Waals surface area contributed by atoms with E-state index in [4.69, 9.17) is 23.2 Å². The van der Waals surface area contributed by atoms with Crippen molar-refractivity contribution >= 4 is 49.2 Å². The Bertz CT molecular complexity index is 704. The highest BCUT2D eigenvalue weighted by atomic mass is 79.9. The van der Waals surface area contributed by atoms with Crippen LogP contribution in [0.15, 0.2) is 21.5 Å². The molecule has 0 aromatic heterocycles. The minimum Gasteiger partial charge on any atom is -0.307 e. The summed E-state index contributed by atoms with van der Waals surface area (Å²) in [5.74, 6) is 0. The summed E-state index contributed by atoms with van der Waals surface area (Å²) in [6, 6.07) is 2.69. The quantitative estimate of drug-likeness (QED) is 0.683. The van der Waals surface area contributed by atoms with Crippen LogP contribution in [0.25, 0.3) is 0 Å². The minimum absolute atomic E-state index is 0.00140. The first-order valence-electron chi connectivity index (χ1n) is 7.28. The molecule has 0 aliphatic carbocycles. The van der Waals surface area contributed by atoms with Gasteiger partial charge in [0.25, 0.3) is 0 Å². The van der Waals surface area contributed by atoms with Crippen LogP contribution in [0.2, 0.25) is 10.0 Å². The molecule has 0 saturated carbocycles. The fraction of sp³-hybridized carbons (Fsp3) is 0.600. The minimum atomic E-state index is -3.75. The Morgan fingerprint density at radius 1 is 1.13 bits per heavy atom. The third-order valence-corrected chi connectivity index (χ3v) is 6.96. The highest BCUT2D eigenvalue weighted by Crippen LogP contribution is 2.33. The Balaban J connectivity index is 2.30. The van der Waals surface area contributed by atoms with Crippen LogP contribution in [0.4, 0.5) is 0 Å². The van der Waals surface area contributed by atoms with E-state index in [1.54, 1.807) is 0 Å². The molecule has 2 N–H and O–H groups in total. The largest absolute Gasteiger partial charge is 0.307 e. The van der Waals surface area contributed by atoms with Crippen molar-refractivity contribution in [2.24, 2.45) is 0 Å². The van der Waals surface area contributed by atoms with E-state index in [0.29, 0.717) is 22.3 Å². The molecule has 1 heterocycles. The summed E-state index contributed by atoms with van der Waals surface area (Å²) in [6.07, 6.45) is 1.38. The molecule has 2 rings (SSSR count). The molecule has 0 spiro atoms. The van der Waals surface area contributed by atoms with Crippen LogP contribution in [0.5, 0.6) is 0 Å². The zero-order valence-corrected chi connectivity index (χ0v) is 17.4. The zero-order valence-electron chi connectivity index (χ0n) is 13.5. The fourth-order valence-electron chi connectivity index (χ4n) is 3.40. The molecular weight excluding hydrogens is 423 g/mol. The molecule has 0 radical (unpaired) electrons. The molecule has 130 valence electrons. The molecule has 4 nitrogen and oxygen atoms in total. The number of hydrogen-bond acceptors (Lipinski definition) is 3. The van der Waals surface area contributed by atoms with Crippen LogP contribution in [0, 0.1) is 0 Å². The van der Waals surface area contributed by atoms with E-state index in [1.807, 2.05) is 0 Å². The Labute approximate surface area is 156 Å². The summed E-state index contributed by atoms with van der Waals surface area (Å²) in [4.78, 5) is 0.00140. The molecule has 23 heavy (non-hydrogen) atoms. The summed E-state index contributed by atoms with van der Waals surface area (Å²) in [7, 11) is -3.75. The molecule has 0 unspecified atom stereocenters. The van der Waals surface area contributed by atoms with E-state index in [2.05, 4.69) is 53.7 Å². The average molecular weight is 444 g/mol. The van der Waals surface area contributed by atoms with Crippen LogP contribution in [-0.2, 0) is 10.0 Å². The monoisotopic (exact) mass is 442 g/mol. The van der Waals surface area contributed by atoms with Crippen molar-refractivity contribution in [3.05, 3.63) is 26.7 Å². The van der Waals surface area contributed by atoms with Gasteiger partial charge in [-0.25, -0.2) is 13.1 Å². The maximum absolute atomic E-state index is 12.7.